The summed E-state index contributed by atoms with van der Waals surface area (Å²) in [6.45, 7) is 6.80. The maximum atomic E-state index is 8.89. The van der Waals surface area contributed by atoms with Gasteiger partial charge in [-0.25, -0.2) is 4.98 Å². The molecule has 110 valence electrons. The monoisotopic (exact) mass is 300 g/mol. The van der Waals surface area contributed by atoms with E-state index in [9.17, 15) is 0 Å². The van der Waals surface area contributed by atoms with Crippen LogP contribution in [-0.2, 0) is 19.4 Å². The zero-order valence-corrected chi connectivity index (χ0v) is 13.5. The minimum Gasteiger partial charge on any atom is -0.486 e. The molecule has 4 heteroatoms. The van der Waals surface area contributed by atoms with Crippen LogP contribution in [0.2, 0.25) is 0 Å². The quantitative estimate of drug-likeness (QED) is 0.790. The molecule has 2 rings (SSSR count). The molecule has 0 fully saturated rings. The fourth-order valence-corrected chi connectivity index (χ4v) is 3.16. The first-order valence-corrected chi connectivity index (χ1v) is 8.02. The van der Waals surface area contributed by atoms with Gasteiger partial charge in [-0.1, -0.05) is 32.9 Å². The van der Waals surface area contributed by atoms with Gasteiger partial charge < -0.3 is 4.74 Å². The van der Waals surface area contributed by atoms with Crippen molar-refractivity contribution in [1.82, 2.24) is 4.98 Å². The number of hydrogen-bond donors (Lipinski definition) is 0. The zero-order chi connectivity index (χ0) is 15.2. The van der Waals surface area contributed by atoms with E-state index < -0.39 is 0 Å². The summed E-state index contributed by atoms with van der Waals surface area (Å²) in [4.78, 5) is 5.68. The number of thiazole rings is 1. The Kier molecular flexibility index (Phi) is 5.35. The molecule has 0 spiro atoms. The second-order valence-electron chi connectivity index (χ2n) is 5.19. The van der Waals surface area contributed by atoms with Gasteiger partial charge in [0.2, 0.25) is 0 Å². The molecule has 0 unspecified atom stereocenters. The molecule has 0 radical (unpaired) electrons. The smallest absolute Gasteiger partial charge is 0.140 e. The molecule has 0 bridgehead atoms. The van der Waals surface area contributed by atoms with Crippen molar-refractivity contribution in [1.29, 1.82) is 5.26 Å². The average molecular weight is 300 g/mol. The lowest BCUT2D eigenvalue weighted by Crippen LogP contribution is -1.97. The Morgan fingerprint density at radius 2 is 2.00 bits per heavy atom. The SMILES string of the molecule is CCc1ccc(OCc2nc(C(C)C)c(CC#N)s2)cc1. The van der Waals surface area contributed by atoms with Crippen LogP contribution in [0.25, 0.3) is 0 Å². The van der Waals surface area contributed by atoms with Crippen molar-refractivity contribution in [3.63, 3.8) is 0 Å². The molecule has 3 nitrogen and oxygen atoms in total. The van der Waals surface area contributed by atoms with E-state index in [2.05, 4.69) is 44.0 Å². The highest BCUT2D eigenvalue weighted by Crippen LogP contribution is 2.26. The Bertz CT molecular complexity index is 623. The van der Waals surface area contributed by atoms with Crippen LogP contribution < -0.4 is 4.74 Å². The summed E-state index contributed by atoms with van der Waals surface area (Å²) in [5, 5.41) is 9.82. The molecule has 0 aliphatic rings. The number of nitriles is 1. The van der Waals surface area contributed by atoms with Gasteiger partial charge in [0.1, 0.15) is 17.4 Å². The summed E-state index contributed by atoms with van der Waals surface area (Å²) >= 11 is 1.58. The van der Waals surface area contributed by atoms with Crippen molar-refractivity contribution in [2.75, 3.05) is 0 Å². The highest BCUT2D eigenvalue weighted by atomic mass is 32.1. The number of benzene rings is 1. The second kappa shape index (κ2) is 7.24. The maximum absolute atomic E-state index is 8.89. The van der Waals surface area contributed by atoms with E-state index >= 15 is 0 Å². The minimum absolute atomic E-state index is 0.335. The van der Waals surface area contributed by atoms with Crippen molar-refractivity contribution < 1.29 is 4.74 Å². The third kappa shape index (κ3) is 4.05. The standard InChI is InChI=1S/C17H20N2OS/c1-4-13-5-7-14(8-6-13)20-11-16-19-17(12(2)3)15(21-16)9-10-18/h5-8,12H,4,9,11H2,1-3H3. The fourth-order valence-electron chi connectivity index (χ4n) is 2.09. The van der Waals surface area contributed by atoms with E-state index in [0.717, 1.165) is 27.7 Å². The summed E-state index contributed by atoms with van der Waals surface area (Å²) < 4.78 is 5.78. The number of rotatable bonds is 6. The van der Waals surface area contributed by atoms with Gasteiger partial charge in [-0.2, -0.15) is 5.26 Å². The zero-order valence-electron chi connectivity index (χ0n) is 12.7. The average Bonchev–Trinajstić information content (AvgIpc) is 2.89. The van der Waals surface area contributed by atoms with Crippen LogP contribution in [0.4, 0.5) is 0 Å². The van der Waals surface area contributed by atoms with Gasteiger partial charge >= 0.3 is 0 Å². The van der Waals surface area contributed by atoms with Gasteiger partial charge in [0, 0.05) is 4.88 Å². The molecule has 0 saturated heterocycles. The summed E-state index contributed by atoms with van der Waals surface area (Å²) in [6.07, 6.45) is 1.46. The Morgan fingerprint density at radius 1 is 1.29 bits per heavy atom. The fraction of sp³-hybridized carbons (Fsp3) is 0.412. The van der Waals surface area contributed by atoms with Gasteiger partial charge in [0.05, 0.1) is 18.2 Å². The van der Waals surface area contributed by atoms with Crippen molar-refractivity contribution in [2.45, 2.75) is 46.1 Å². The minimum atomic E-state index is 0.335. The van der Waals surface area contributed by atoms with E-state index in [4.69, 9.17) is 10.00 Å². The van der Waals surface area contributed by atoms with Gasteiger partial charge in [-0.15, -0.1) is 11.3 Å². The summed E-state index contributed by atoms with van der Waals surface area (Å²) in [5.41, 5.74) is 2.33. The number of aromatic nitrogens is 1. The third-order valence-corrected chi connectivity index (χ3v) is 4.30. The molecule has 1 aromatic heterocycles. The molecular weight excluding hydrogens is 280 g/mol. The first-order valence-electron chi connectivity index (χ1n) is 7.21. The Morgan fingerprint density at radius 3 is 2.57 bits per heavy atom. The van der Waals surface area contributed by atoms with E-state index in [-0.39, 0.29) is 0 Å². The normalized spacial score (nSPS) is 10.6. The molecule has 2 aromatic rings. The molecule has 0 N–H and O–H groups in total. The molecule has 1 aromatic carbocycles. The van der Waals surface area contributed by atoms with Crippen LogP contribution in [0.3, 0.4) is 0 Å². The Labute approximate surface area is 130 Å². The lowest BCUT2D eigenvalue weighted by Gasteiger charge is -2.04. The van der Waals surface area contributed by atoms with Crippen LogP contribution >= 0.6 is 11.3 Å². The summed E-state index contributed by atoms with van der Waals surface area (Å²) in [5.74, 6) is 1.19. The number of nitrogens with zero attached hydrogens (tertiary/aromatic N) is 2. The summed E-state index contributed by atoms with van der Waals surface area (Å²) in [7, 11) is 0. The molecule has 0 aliphatic heterocycles. The molecule has 0 aliphatic carbocycles. The van der Waals surface area contributed by atoms with Gasteiger partial charge in [0.25, 0.3) is 0 Å². The third-order valence-electron chi connectivity index (χ3n) is 3.25. The Hall–Kier alpha value is -1.86. The molecule has 1 heterocycles. The van der Waals surface area contributed by atoms with Crippen molar-refractivity contribution in [2.24, 2.45) is 0 Å². The Balaban J connectivity index is 2.05. The van der Waals surface area contributed by atoms with Crippen LogP contribution in [-0.4, -0.2) is 4.98 Å². The number of ether oxygens (including phenoxy) is 1. The lowest BCUT2D eigenvalue weighted by atomic mass is 10.1. The predicted molar refractivity (Wildman–Crippen MR) is 85.7 cm³/mol. The number of aryl methyl sites for hydroxylation is 1. The molecular formula is C17H20N2OS. The van der Waals surface area contributed by atoms with Crippen molar-refractivity contribution in [3.8, 4) is 11.8 Å². The van der Waals surface area contributed by atoms with Crippen molar-refractivity contribution >= 4 is 11.3 Å². The van der Waals surface area contributed by atoms with E-state index in [1.807, 2.05) is 12.1 Å². The van der Waals surface area contributed by atoms with Gasteiger partial charge in [-0.3, -0.25) is 0 Å². The van der Waals surface area contributed by atoms with Crippen LogP contribution in [0.5, 0.6) is 5.75 Å². The molecule has 21 heavy (non-hydrogen) atoms. The topological polar surface area (TPSA) is 45.9 Å². The largest absolute Gasteiger partial charge is 0.486 e. The highest BCUT2D eigenvalue weighted by molar-refractivity contribution is 7.11. The first kappa shape index (κ1) is 15.5. The lowest BCUT2D eigenvalue weighted by molar-refractivity contribution is 0.305. The first-order chi connectivity index (χ1) is 10.1. The molecule has 0 atom stereocenters. The van der Waals surface area contributed by atoms with Gasteiger partial charge in [0.15, 0.2) is 0 Å². The van der Waals surface area contributed by atoms with Crippen LogP contribution in [0.15, 0.2) is 24.3 Å². The predicted octanol–water partition coefficient (Wildman–Crippen LogP) is 4.47. The molecule has 0 amide bonds. The molecule has 0 saturated carbocycles. The second-order valence-corrected chi connectivity index (χ2v) is 6.36. The summed E-state index contributed by atoms with van der Waals surface area (Å²) in [6, 6.07) is 10.4. The van der Waals surface area contributed by atoms with E-state index in [0.29, 0.717) is 18.9 Å². The van der Waals surface area contributed by atoms with Gasteiger partial charge in [-0.05, 0) is 30.0 Å². The van der Waals surface area contributed by atoms with Crippen LogP contribution in [0.1, 0.15) is 47.8 Å². The van der Waals surface area contributed by atoms with Crippen LogP contribution in [0, 0.1) is 11.3 Å². The highest BCUT2D eigenvalue weighted by Gasteiger charge is 2.14. The maximum Gasteiger partial charge on any atom is 0.140 e. The van der Waals surface area contributed by atoms with E-state index in [1.165, 1.54) is 5.56 Å². The van der Waals surface area contributed by atoms with E-state index in [1.54, 1.807) is 11.3 Å². The number of hydrogen-bond acceptors (Lipinski definition) is 4. The van der Waals surface area contributed by atoms with Crippen molar-refractivity contribution in [3.05, 3.63) is 45.4 Å².